The Balaban J connectivity index is 0.000000164. The highest BCUT2D eigenvalue weighted by Crippen LogP contribution is 2.36. The van der Waals surface area contributed by atoms with Crippen LogP contribution in [0.25, 0.3) is 89.5 Å². The standard InChI is InChI=1S/2C22H24N.2C21H22N/c1-15-13-22(23(5)14-18(15)4)21-12-16(2)20(11-17(21)3)19-9-7-6-8-10-19;1-15-12-22(23(5)14-18(15)4)21-13-20(16(2)11-17(21)3)19-9-7-6-8-10-19;2*1-15-10-11-21(22(4)14-15)20-13-19(16(2)12-17(20)3)18-8-6-5-7-9-18/h2*6-14H,1-5H3;2*5-14H,1-4H3/q4*+1/i;1D3,2D3,4D3;1D3,2D3;. The number of aryl methyl sites for hydroxylation is 18. The van der Waals surface area contributed by atoms with Crippen LogP contribution in [-0.4, -0.2) is 0 Å². The average molecular weight is 1200 g/mol. The molecule has 452 valence electrons. The monoisotopic (exact) mass is 1200 g/mol. The van der Waals surface area contributed by atoms with E-state index in [9.17, 15) is 0 Å². The van der Waals surface area contributed by atoms with Gasteiger partial charge >= 0.3 is 0 Å². The molecule has 0 bridgehead atoms. The second-order valence-corrected chi connectivity index (χ2v) is 23.7. The normalized spacial score (nSPS) is 13.9. The summed E-state index contributed by atoms with van der Waals surface area (Å²) >= 11 is 0. The average Bonchev–Trinajstić information content (AvgIpc) is 0.750. The zero-order valence-electron chi connectivity index (χ0n) is 69.2. The number of pyridine rings is 4. The molecule has 0 aliphatic rings. The quantitative estimate of drug-likeness (QED) is 0.135. The van der Waals surface area contributed by atoms with Gasteiger partial charge in [0.15, 0.2) is 24.8 Å². The summed E-state index contributed by atoms with van der Waals surface area (Å²) in [6, 6.07) is 67.4. The molecule has 12 rings (SSSR count). The molecule has 90 heavy (non-hydrogen) atoms. The van der Waals surface area contributed by atoms with Crippen LogP contribution in [0.2, 0.25) is 0 Å². The Morgan fingerprint density at radius 1 is 0.211 bits per heavy atom. The molecule has 0 N–H and O–H groups in total. The van der Waals surface area contributed by atoms with Gasteiger partial charge in [-0.25, -0.2) is 18.3 Å². The zero-order valence-corrected chi connectivity index (χ0v) is 54.2. The van der Waals surface area contributed by atoms with Crippen molar-refractivity contribution in [3.63, 3.8) is 0 Å². The summed E-state index contributed by atoms with van der Waals surface area (Å²) in [6.07, 6.45) is 7.31. The fourth-order valence-electron chi connectivity index (χ4n) is 11.7. The van der Waals surface area contributed by atoms with Crippen molar-refractivity contribution in [2.45, 2.75) is 96.6 Å². The Morgan fingerprint density at radius 2 is 0.511 bits per heavy atom. The fraction of sp³-hybridized carbons (Fsp3) is 0.209. The molecule has 0 saturated carbocycles. The van der Waals surface area contributed by atoms with Crippen molar-refractivity contribution in [3.8, 4) is 89.5 Å². The minimum absolute atomic E-state index is 0.197. The molecule has 12 aromatic rings. The van der Waals surface area contributed by atoms with E-state index < -0.39 is 34.3 Å². The predicted octanol–water partition coefficient (Wildman–Crippen LogP) is 19.7. The van der Waals surface area contributed by atoms with Crippen LogP contribution in [0.15, 0.2) is 231 Å². The van der Waals surface area contributed by atoms with Gasteiger partial charge in [-0.15, -0.1) is 0 Å². The van der Waals surface area contributed by atoms with Crippen molar-refractivity contribution >= 4 is 0 Å². The summed E-state index contributed by atoms with van der Waals surface area (Å²) in [7, 11) is 7.68. The van der Waals surface area contributed by atoms with E-state index in [0.717, 1.165) is 27.9 Å². The minimum atomic E-state index is -2.62. The number of rotatable bonds is 8. The number of hydrogen-bond acceptors (Lipinski definition) is 0. The van der Waals surface area contributed by atoms with E-state index in [1.807, 2.05) is 73.7 Å². The highest BCUT2D eigenvalue weighted by atomic mass is 14.9. The number of hydrogen-bond donors (Lipinski definition) is 0. The molecule has 4 aromatic heterocycles. The van der Waals surface area contributed by atoms with Crippen LogP contribution < -0.4 is 18.3 Å². The molecule has 0 radical (unpaired) electrons. The molecule has 0 amide bonds. The third-order valence-electron chi connectivity index (χ3n) is 16.7. The van der Waals surface area contributed by atoms with Gasteiger partial charge in [0.05, 0.1) is 0 Å². The highest BCUT2D eigenvalue weighted by Gasteiger charge is 2.21. The van der Waals surface area contributed by atoms with Gasteiger partial charge in [-0.3, -0.25) is 0 Å². The summed E-state index contributed by atoms with van der Waals surface area (Å²) in [5.74, 6) is 0. The lowest BCUT2D eigenvalue weighted by atomic mass is 9.93. The zero-order chi connectivity index (χ0) is 77.0. The van der Waals surface area contributed by atoms with Crippen molar-refractivity contribution in [2.24, 2.45) is 28.2 Å². The highest BCUT2D eigenvalue weighted by molar-refractivity contribution is 5.79. The molecular formula is C86H92N4+4. The molecule has 8 aromatic carbocycles. The van der Waals surface area contributed by atoms with Gasteiger partial charge in [-0.2, -0.15) is 0 Å². The summed E-state index contributed by atoms with van der Waals surface area (Å²) in [6.45, 7) is 6.92. The van der Waals surface area contributed by atoms with Gasteiger partial charge in [-0.1, -0.05) is 146 Å². The van der Waals surface area contributed by atoms with E-state index in [-0.39, 0.29) is 22.3 Å². The van der Waals surface area contributed by atoms with Gasteiger partial charge in [0.2, 0.25) is 22.8 Å². The Morgan fingerprint density at radius 3 is 0.933 bits per heavy atom. The molecule has 0 aliphatic carbocycles. The number of aromatic nitrogens is 4. The Hall–Kier alpha value is -9.64. The summed E-state index contributed by atoms with van der Waals surface area (Å²) < 4.78 is 125. The van der Waals surface area contributed by atoms with E-state index in [1.54, 1.807) is 66.7 Å². The number of benzene rings is 8. The van der Waals surface area contributed by atoms with Crippen molar-refractivity contribution in [1.29, 1.82) is 0 Å². The smallest absolute Gasteiger partial charge is 0.201 e. The van der Waals surface area contributed by atoms with Gasteiger partial charge in [0, 0.05) is 89.3 Å². The Labute approximate surface area is 559 Å². The largest absolute Gasteiger partial charge is 0.212 e. The van der Waals surface area contributed by atoms with E-state index in [1.165, 1.54) is 96.0 Å². The molecule has 0 fully saturated rings. The fourth-order valence-corrected chi connectivity index (χ4v) is 11.7. The maximum absolute atomic E-state index is 7.98. The van der Waals surface area contributed by atoms with E-state index in [4.69, 9.17) is 20.6 Å². The molecule has 0 unspecified atom stereocenters. The van der Waals surface area contributed by atoms with Crippen LogP contribution in [0.1, 0.15) is 98.4 Å². The minimum Gasteiger partial charge on any atom is -0.201 e. The van der Waals surface area contributed by atoms with Crippen molar-refractivity contribution < 1.29 is 38.8 Å². The first kappa shape index (κ1) is 47.4. The molecule has 4 nitrogen and oxygen atoms in total. The van der Waals surface area contributed by atoms with E-state index in [0.29, 0.717) is 33.5 Å². The third-order valence-corrected chi connectivity index (χ3v) is 16.7. The molecule has 0 atom stereocenters. The number of nitrogens with zero attached hydrogens (tertiary/aromatic N) is 4. The molecular weight excluding hydrogens is 1090 g/mol. The van der Waals surface area contributed by atoms with Gasteiger partial charge in [-0.05, 0) is 233 Å². The van der Waals surface area contributed by atoms with Crippen LogP contribution >= 0.6 is 0 Å². The van der Waals surface area contributed by atoms with Crippen LogP contribution in [0.3, 0.4) is 0 Å². The molecule has 4 heterocycles. The second kappa shape index (κ2) is 28.7. The SMILES string of the molecule is Cc1cc(-c2cc(C)c(-c3ccccc3)cc2C)[n+](C)cc1C.Cc1ccc(-c2cc(-c3ccccc3)c(C)cc2C)[n+](C)c1.[2H]C([2H])([2H])c1cc(C)c(-c2cc(C([2H])([2H])[2H])c(C([2H])([2H])[2H])c[n+]2C)cc1-c1ccccc1.[2H]C([2H])([2H])c1ccc(-c2cc(-c3ccccc3)c(C([2H])([2H])[2H])cc2C)[n+](C)c1. The van der Waals surface area contributed by atoms with Crippen LogP contribution in [-0.2, 0) is 28.2 Å². The van der Waals surface area contributed by atoms with E-state index >= 15 is 0 Å². The lowest BCUT2D eigenvalue weighted by Gasteiger charge is -2.12. The molecule has 0 aliphatic heterocycles. The molecule has 4 heteroatoms. The third kappa shape index (κ3) is 15.1. The lowest BCUT2D eigenvalue weighted by Crippen LogP contribution is -2.31. The van der Waals surface area contributed by atoms with Gasteiger partial charge < -0.3 is 0 Å². The summed E-state index contributed by atoms with van der Waals surface area (Å²) in [5, 5.41) is 0. The first-order valence-corrected chi connectivity index (χ1v) is 30.4. The second-order valence-electron chi connectivity index (χ2n) is 23.7. The predicted molar refractivity (Wildman–Crippen MR) is 380 cm³/mol. The van der Waals surface area contributed by atoms with Crippen LogP contribution in [0, 0.1) is 96.6 Å². The first-order valence-electron chi connectivity index (χ1n) is 37.9. The Bertz CT molecular complexity index is 5120. The molecule has 0 spiro atoms. The first-order chi connectivity index (χ1) is 49.1. The Kier molecular flexibility index (Phi) is 15.1. The van der Waals surface area contributed by atoms with E-state index in [2.05, 4.69) is 187 Å². The lowest BCUT2D eigenvalue weighted by molar-refractivity contribution is -0.660. The summed E-state index contributed by atoms with van der Waals surface area (Å²) in [4.78, 5) is 0. The van der Waals surface area contributed by atoms with Gasteiger partial charge in [0.1, 0.15) is 28.2 Å². The van der Waals surface area contributed by atoms with Gasteiger partial charge in [0.25, 0.3) is 0 Å². The maximum atomic E-state index is 7.98. The summed E-state index contributed by atoms with van der Waals surface area (Å²) in [5.41, 5.74) is 26.8. The van der Waals surface area contributed by atoms with Crippen LogP contribution in [0.4, 0.5) is 0 Å². The van der Waals surface area contributed by atoms with Crippen molar-refractivity contribution in [3.05, 3.63) is 309 Å². The van der Waals surface area contributed by atoms with Crippen LogP contribution in [0.5, 0.6) is 0 Å². The maximum Gasteiger partial charge on any atom is 0.212 e. The van der Waals surface area contributed by atoms with Crippen molar-refractivity contribution in [2.75, 3.05) is 0 Å². The molecule has 0 saturated heterocycles. The van der Waals surface area contributed by atoms with Crippen molar-refractivity contribution in [1.82, 2.24) is 0 Å². The topological polar surface area (TPSA) is 15.5 Å².